The predicted octanol–water partition coefficient (Wildman–Crippen LogP) is 7.71. The van der Waals surface area contributed by atoms with Crippen LogP contribution in [-0.4, -0.2) is 28.8 Å². The third kappa shape index (κ3) is 6.15. The highest BCUT2D eigenvalue weighted by atomic mass is 16.4. The predicted molar refractivity (Wildman–Crippen MR) is 197 cm³/mol. The molecule has 0 saturated heterocycles. The van der Waals surface area contributed by atoms with E-state index in [4.69, 9.17) is 5.73 Å². The number of imide groups is 1. The van der Waals surface area contributed by atoms with Crippen LogP contribution >= 0.6 is 0 Å². The molecule has 8 heteroatoms. The molecule has 0 heterocycles. The Hall–Kier alpha value is -3.68. The van der Waals surface area contributed by atoms with Gasteiger partial charge in [0.1, 0.15) is 0 Å². The fourth-order valence-electron chi connectivity index (χ4n) is 11.3. The van der Waals surface area contributed by atoms with Crippen molar-refractivity contribution in [3.8, 4) is 0 Å². The van der Waals surface area contributed by atoms with E-state index in [-0.39, 0.29) is 52.7 Å². The molecule has 2 aromatic rings. The van der Waals surface area contributed by atoms with E-state index in [0.29, 0.717) is 18.5 Å². The van der Waals surface area contributed by atoms with Crippen LogP contribution in [0.25, 0.3) is 0 Å². The lowest BCUT2D eigenvalue weighted by Crippen LogP contribution is -2.60. The minimum atomic E-state index is -0.981. The topological polar surface area (TPSA) is 139 Å². The van der Waals surface area contributed by atoms with Crippen LogP contribution in [0.15, 0.2) is 36.4 Å². The van der Waals surface area contributed by atoms with Gasteiger partial charge in [0, 0.05) is 17.3 Å². The van der Waals surface area contributed by atoms with Gasteiger partial charge in [-0.2, -0.15) is 0 Å². The van der Waals surface area contributed by atoms with Gasteiger partial charge in [0.15, 0.2) is 0 Å². The molecule has 6 rings (SSSR count). The minimum Gasteiger partial charge on any atom is -0.481 e. The number of nitrogens with one attached hydrogen (secondary N) is 2. The fourth-order valence-corrected chi connectivity index (χ4v) is 11.3. The zero-order valence-electron chi connectivity index (χ0n) is 30.9. The maximum atomic E-state index is 14.5. The minimum absolute atomic E-state index is 0.0182. The largest absolute Gasteiger partial charge is 0.481 e. The number of nitrogens with two attached hydrogens (primary N) is 1. The smallest absolute Gasteiger partial charge is 0.304 e. The van der Waals surface area contributed by atoms with Gasteiger partial charge in [-0.25, -0.2) is 0 Å². The number of hydrogen-bond donors (Lipinski definition) is 4. The van der Waals surface area contributed by atoms with Crippen LogP contribution in [0.5, 0.6) is 0 Å². The zero-order chi connectivity index (χ0) is 36.2. The van der Waals surface area contributed by atoms with Gasteiger partial charge in [0.25, 0.3) is 0 Å². The molecular formula is C42H57N3O5. The number of benzene rings is 2. The summed E-state index contributed by atoms with van der Waals surface area (Å²) < 4.78 is 0. The fraction of sp³-hybridized carbons (Fsp3) is 0.619. The number of fused-ring (bicyclic) bond motifs is 6. The Balaban J connectivity index is 1.23. The van der Waals surface area contributed by atoms with Crippen molar-refractivity contribution in [2.45, 2.75) is 129 Å². The summed E-state index contributed by atoms with van der Waals surface area (Å²) in [6.07, 6.45) is 8.93. The SMILES string of the molecule is CC(C)C[C@@H](CC(=O)O)C(=O)Nc1ccc2c(c1)[C@@]1(C)CCC[C@](C)(C(=O)NC(=O)[C@@]3(C)CCC[C@]4(C)c5cc(N)ccc5CC[C@@H]34)[C@@H]1CC2. The Morgan fingerprint density at radius 2 is 1.32 bits per heavy atom. The van der Waals surface area contributed by atoms with E-state index in [1.807, 2.05) is 26.0 Å². The second-order valence-electron chi connectivity index (χ2n) is 17.5. The van der Waals surface area contributed by atoms with Crippen molar-refractivity contribution in [2.24, 2.45) is 34.5 Å². The first-order chi connectivity index (χ1) is 23.5. The number of hydrogen-bond acceptors (Lipinski definition) is 5. The number of amides is 3. The van der Waals surface area contributed by atoms with Gasteiger partial charge in [-0.3, -0.25) is 24.5 Å². The maximum Gasteiger partial charge on any atom is 0.304 e. The molecule has 4 aliphatic rings. The van der Waals surface area contributed by atoms with E-state index in [1.54, 1.807) is 0 Å². The number of carbonyl (C=O) groups excluding carboxylic acids is 3. The first-order valence-corrected chi connectivity index (χ1v) is 18.9. The van der Waals surface area contributed by atoms with Crippen LogP contribution < -0.4 is 16.4 Å². The Bertz CT molecular complexity index is 1700. The summed E-state index contributed by atoms with van der Waals surface area (Å²) in [7, 11) is 0. The summed E-state index contributed by atoms with van der Waals surface area (Å²) in [6.45, 7) is 12.7. The molecule has 0 bridgehead atoms. The molecule has 50 heavy (non-hydrogen) atoms. The lowest BCUT2D eigenvalue weighted by Gasteiger charge is -2.56. The van der Waals surface area contributed by atoms with E-state index in [1.165, 1.54) is 16.7 Å². The molecule has 2 fully saturated rings. The van der Waals surface area contributed by atoms with Gasteiger partial charge in [0.2, 0.25) is 17.7 Å². The molecule has 0 aromatic heterocycles. The average molecular weight is 684 g/mol. The summed E-state index contributed by atoms with van der Waals surface area (Å²) in [5.74, 6) is -1.85. The number of anilines is 2. The molecule has 8 nitrogen and oxygen atoms in total. The zero-order valence-corrected chi connectivity index (χ0v) is 30.9. The maximum absolute atomic E-state index is 14.5. The Kier molecular flexibility index (Phi) is 9.49. The van der Waals surface area contributed by atoms with E-state index in [0.717, 1.165) is 69.0 Å². The van der Waals surface area contributed by atoms with E-state index >= 15 is 0 Å². The summed E-state index contributed by atoms with van der Waals surface area (Å²) in [6, 6.07) is 12.3. The van der Waals surface area contributed by atoms with Crippen molar-refractivity contribution >= 4 is 35.1 Å². The quantitative estimate of drug-likeness (QED) is 0.166. The molecule has 0 radical (unpaired) electrons. The summed E-state index contributed by atoms with van der Waals surface area (Å²) in [5, 5.41) is 15.5. The molecular weight excluding hydrogens is 626 g/mol. The number of rotatable bonds is 8. The number of aryl methyl sites for hydroxylation is 2. The Morgan fingerprint density at radius 3 is 1.84 bits per heavy atom. The van der Waals surface area contributed by atoms with Crippen molar-refractivity contribution in [1.82, 2.24) is 5.32 Å². The number of carboxylic acids is 1. The lowest BCUT2D eigenvalue weighted by atomic mass is 9.49. The second-order valence-corrected chi connectivity index (χ2v) is 17.5. The van der Waals surface area contributed by atoms with Crippen LogP contribution in [0, 0.1) is 34.5 Å². The van der Waals surface area contributed by atoms with Gasteiger partial charge in [-0.1, -0.05) is 66.5 Å². The molecule has 0 unspecified atom stereocenters. The van der Waals surface area contributed by atoms with E-state index in [9.17, 15) is 24.3 Å². The van der Waals surface area contributed by atoms with Gasteiger partial charge in [0.05, 0.1) is 17.3 Å². The van der Waals surface area contributed by atoms with E-state index < -0.39 is 22.7 Å². The van der Waals surface area contributed by atoms with E-state index in [2.05, 4.69) is 62.6 Å². The first-order valence-electron chi connectivity index (χ1n) is 18.9. The molecule has 0 aliphatic heterocycles. The molecule has 2 saturated carbocycles. The van der Waals surface area contributed by atoms with Gasteiger partial charge in [-0.15, -0.1) is 0 Å². The van der Waals surface area contributed by atoms with Crippen LogP contribution in [-0.2, 0) is 42.8 Å². The van der Waals surface area contributed by atoms with Crippen LogP contribution in [0.3, 0.4) is 0 Å². The molecule has 7 atom stereocenters. The van der Waals surface area contributed by atoms with Crippen molar-refractivity contribution in [3.63, 3.8) is 0 Å². The van der Waals surface area contributed by atoms with Crippen molar-refractivity contribution in [2.75, 3.05) is 11.1 Å². The summed E-state index contributed by atoms with van der Waals surface area (Å²) in [4.78, 5) is 53.8. The van der Waals surface area contributed by atoms with Crippen molar-refractivity contribution < 1.29 is 24.3 Å². The molecule has 0 spiro atoms. The van der Waals surface area contributed by atoms with Crippen molar-refractivity contribution in [3.05, 3.63) is 58.7 Å². The Labute approximate surface area is 297 Å². The van der Waals surface area contributed by atoms with Crippen LogP contribution in [0.4, 0.5) is 11.4 Å². The number of carboxylic acid groups (broad SMARTS) is 1. The molecule has 270 valence electrons. The first kappa shape index (κ1) is 36.1. The highest BCUT2D eigenvalue weighted by Gasteiger charge is 2.58. The standard InChI is InChI=1S/C42H57N3O5/c1-25(2)21-28(22-35(46)47)36(48)44-30-14-10-27-12-16-34-40(4,32(27)24-30)18-8-20-42(34,6)38(50)45-37(49)41(5)19-7-17-39(3)31-23-29(43)13-9-26(31)11-15-33(39)41/h9-10,13-14,23-25,28,33-34H,7-8,11-12,15-22,43H2,1-6H3,(H,44,48)(H,46,47)(H,45,49,50)/t28-,33+,34+,39+,40+,41-,42-/m0/s1. The lowest BCUT2D eigenvalue weighted by molar-refractivity contribution is -0.150. The normalized spacial score (nSPS) is 32.1. The van der Waals surface area contributed by atoms with Crippen LogP contribution in [0.2, 0.25) is 0 Å². The van der Waals surface area contributed by atoms with Gasteiger partial charge < -0.3 is 16.2 Å². The number of nitrogen functional groups attached to an aromatic ring is 1. The Morgan fingerprint density at radius 1 is 0.800 bits per heavy atom. The average Bonchev–Trinajstić information content (AvgIpc) is 3.04. The van der Waals surface area contributed by atoms with Crippen molar-refractivity contribution in [1.29, 1.82) is 0 Å². The highest BCUT2D eigenvalue weighted by molar-refractivity contribution is 6.01. The molecule has 4 aliphatic carbocycles. The summed E-state index contributed by atoms with van der Waals surface area (Å²) in [5.41, 5.74) is 10.7. The molecule has 2 aromatic carbocycles. The number of carbonyl (C=O) groups is 4. The highest BCUT2D eigenvalue weighted by Crippen LogP contribution is 2.59. The third-order valence-corrected chi connectivity index (χ3v) is 13.8. The summed E-state index contributed by atoms with van der Waals surface area (Å²) >= 11 is 0. The number of aliphatic carboxylic acids is 1. The molecule has 5 N–H and O–H groups in total. The van der Waals surface area contributed by atoms with Gasteiger partial charge >= 0.3 is 5.97 Å². The van der Waals surface area contributed by atoms with Crippen LogP contribution in [0.1, 0.15) is 128 Å². The monoisotopic (exact) mass is 683 g/mol. The van der Waals surface area contributed by atoms with Gasteiger partial charge in [-0.05, 0) is 133 Å². The second kappa shape index (κ2) is 13.1. The molecule has 3 amide bonds. The third-order valence-electron chi connectivity index (χ3n) is 13.8.